The third-order valence-electron chi connectivity index (χ3n) is 4.13. The first-order chi connectivity index (χ1) is 9.11. The van der Waals surface area contributed by atoms with Gasteiger partial charge >= 0.3 is 0 Å². The fourth-order valence-electron chi connectivity index (χ4n) is 2.71. The smallest absolute Gasteiger partial charge is 0.137 e. The molecular weight excluding hydrogens is 258 g/mol. The molecule has 0 aromatic carbocycles. The van der Waals surface area contributed by atoms with Gasteiger partial charge in [0.25, 0.3) is 0 Å². The van der Waals surface area contributed by atoms with Crippen molar-refractivity contribution in [3.8, 4) is 0 Å². The predicted octanol–water partition coefficient (Wildman–Crippen LogP) is 4.38. The number of rotatable bonds is 3. The SMILES string of the molecule is CCc1nc(Cl)c(C)c(NC2CCCCCC2C)n1. The van der Waals surface area contributed by atoms with Gasteiger partial charge in [-0.1, -0.05) is 44.7 Å². The van der Waals surface area contributed by atoms with Gasteiger partial charge in [-0.05, 0) is 25.7 Å². The Hall–Kier alpha value is -0.830. The van der Waals surface area contributed by atoms with Crippen LogP contribution in [-0.4, -0.2) is 16.0 Å². The molecule has 1 heterocycles. The quantitative estimate of drug-likeness (QED) is 0.660. The van der Waals surface area contributed by atoms with E-state index >= 15 is 0 Å². The van der Waals surface area contributed by atoms with Crippen LogP contribution in [-0.2, 0) is 6.42 Å². The summed E-state index contributed by atoms with van der Waals surface area (Å²) in [6.45, 7) is 6.38. The highest BCUT2D eigenvalue weighted by Crippen LogP contribution is 2.28. The van der Waals surface area contributed by atoms with Crippen molar-refractivity contribution in [1.29, 1.82) is 0 Å². The van der Waals surface area contributed by atoms with E-state index in [1.807, 2.05) is 6.92 Å². The monoisotopic (exact) mass is 281 g/mol. The third-order valence-corrected chi connectivity index (χ3v) is 4.50. The van der Waals surface area contributed by atoms with E-state index in [0.29, 0.717) is 17.1 Å². The van der Waals surface area contributed by atoms with Gasteiger partial charge in [0.1, 0.15) is 16.8 Å². The molecule has 1 fully saturated rings. The topological polar surface area (TPSA) is 37.8 Å². The Labute approximate surface area is 121 Å². The van der Waals surface area contributed by atoms with E-state index < -0.39 is 0 Å². The van der Waals surface area contributed by atoms with Gasteiger partial charge in [0.05, 0.1) is 0 Å². The molecule has 1 aliphatic rings. The fourth-order valence-corrected chi connectivity index (χ4v) is 2.90. The van der Waals surface area contributed by atoms with E-state index in [9.17, 15) is 0 Å². The lowest BCUT2D eigenvalue weighted by Gasteiger charge is -2.24. The van der Waals surface area contributed by atoms with Gasteiger partial charge in [0.15, 0.2) is 0 Å². The van der Waals surface area contributed by atoms with Crippen LogP contribution in [0, 0.1) is 12.8 Å². The first-order valence-corrected chi connectivity index (χ1v) is 7.79. The number of hydrogen-bond acceptors (Lipinski definition) is 3. The minimum Gasteiger partial charge on any atom is -0.367 e. The van der Waals surface area contributed by atoms with Gasteiger partial charge in [-0.3, -0.25) is 0 Å². The van der Waals surface area contributed by atoms with Crippen molar-refractivity contribution < 1.29 is 0 Å². The molecule has 0 bridgehead atoms. The summed E-state index contributed by atoms with van der Waals surface area (Å²) in [6, 6.07) is 0.511. The van der Waals surface area contributed by atoms with Gasteiger partial charge in [0.2, 0.25) is 0 Å². The van der Waals surface area contributed by atoms with Crippen LogP contribution in [0.4, 0.5) is 5.82 Å². The lowest BCUT2D eigenvalue weighted by atomic mass is 9.97. The Morgan fingerprint density at radius 3 is 2.68 bits per heavy atom. The molecule has 1 aromatic heterocycles. The second-order valence-electron chi connectivity index (χ2n) is 5.62. The molecule has 0 amide bonds. The first kappa shape index (κ1) is 14.6. The highest BCUT2D eigenvalue weighted by atomic mass is 35.5. The van der Waals surface area contributed by atoms with Crippen LogP contribution in [0.2, 0.25) is 5.15 Å². The maximum atomic E-state index is 6.19. The summed E-state index contributed by atoms with van der Waals surface area (Å²) in [6.07, 6.45) is 7.35. The van der Waals surface area contributed by atoms with Crippen LogP contribution in [0.1, 0.15) is 57.3 Å². The first-order valence-electron chi connectivity index (χ1n) is 7.41. The second kappa shape index (κ2) is 6.56. The minimum atomic E-state index is 0.511. The Kier molecular flexibility index (Phi) is 5.03. The van der Waals surface area contributed by atoms with Gasteiger partial charge in [-0.2, -0.15) is 0 Å². The molecule has 2 rings (SSSR count). The van der Waals surface area contributed by atoms with Crippen LogP contribution in [0.15, 0.2) is 0 Å². The van der Waals surface area contributed by atoms with E-state index in [4.69, 9.17) is 11.6 Å². The lowest BCUT2D eigenvalue weighted by Crippen LogP contribution is -2.27. The Morgan fingerprint density at radius 2 is 1.95 bits per heavy atom. The molecule has 1 aromatic rings. The molecule has 0 radical (unpaired) electrons. The lowest BCUT2D eigenvalue weighted by molar-refractivity contribution is 0.455. The third kappa shape index (κ3) is 3.59. The van der Waals surface area contributed by atoms with Gasteiger partial charge in [0, 0.05) is 18.0 Å². The molecule has 106 valence electrons. The highest BCUT2D eigenvalue weighted by molar-refractivity contribution is 6.30. The number of halogens is 1. The van der Waals surface area contributed by atoms with Crippen molar-refractivity contribution in [1.82, 2.24) is 9.97 Å². The average Bonchev–Trinajstić information content (AvgIpc) is 2.60. The van der Waals surface area contributed by atoms with E-state index in [1.165, 1.54) is 32.1 Å². The second-order valence-corrected chi connectivity index (χ2v) is 5.98. The van der Waals surface area contributed by atoms with Crippen LogP contribution >= 0.6 is 11.6 Å². The summed E-state index contributed by atoms with van der Waals surface area (Å²) in [4.78, 5) is 8.90. The molecule has 2 unspecified atom stereocenters. The number of anilines is 1. The van der Waals surface area contributed by atoms with Crippen LogP contribution < -0.4 is 5.32 Å². The molecule has 3 nitrogen and oxygen atoms in total. The number of nitrogens with zero attached hydrogens (tertiary/aromatic N) is 2. The van der Waals surface area contributed by atoms with E-state index in [-0.39, 0.29) is 0 Å². The molecule has 19 heavy (non-hydrogen) atoms. The van der Waals surface area contributed by atoms with Crippen LogP contribution in [0.3, 0.4) is 0 Å². The summed E-state index contributed by atoms with van der Waals surface area (Å²) in [5, 5.41) is 4.20. The summed E-state index contributed by atoms with van der Waals surface area (Å²) < 4.78 is 0. The standard InChI is InChI=1S/C15H24ClN3/c1-4-13-18-14(16)11(3)15(19-13)17-12-9-7-5-6-8-10(12)2/h10,12H,4-9H2,1-3H3,(H,17,18,19). The zero-order valence-corrected chi connectivity index (χ0v) is 12.9. The summed E-state index contributed by atoms with van der Waals surface area (Å²) in [5.41, 5.74) is 0.968. The minimum absolute atomic E-state index is 0.511. The van der Waals surface area contributed by atoms with Gasteiger partial charge in [-0.25, -0.2) is 9.97 Å². The molecule has 0 aliphatic heterocycles. The number of nitrogens with one attached hydrogen (secondary N) is 1. The summed E-state index contributed by atoms with van der Waals surface area (Å²) in [5.74, 6) is 2.44. The molecule has 4 heteroatoms. The normalized spacial score (nSPS) is 24.0. The predicted molar refractivity (Wildman–Crippen MR) is 80.8 cm³/mol. The molecule has 1 aliphatic carbocycles. The summed E-state index contributed by atoms with van der Waals surface area (Å²) in [7, 11) is 0. The van der Waals surface area contributed by atoms with Crippen molar-refractivity contribution in [3.05, 3.63) is 16.5 Å². The molecule has 0 spiro atoms. The Morgan fingerprint density at radius 1 is 1.21 bits per heavy atom. The highest BCUT2D eigenvalue weighted by Gasteiger charge is 2.21. The molecular formula is C15H24ClN3. The maximum Gasteiger partial charge on any atom is 0.137 e. The molecule has 2 atom stereocenters. The van der Waals surface area contributed by atoms with Crippen molar-refractivity contribution in [2.24, 2.45) is 5.92 Å². The largest absolute Gasteiger partial charge is 0.367 e. The fraction of sp³-hybridized carbons (Fsp3) is 0.733. The Bertz CT molecular complexity index is 434. The van der Waals surface area contributed by atoms with Crippen molar-refractivity contribution in [3.63, 3.8) is 0 Å². The van der Waals surface area contributed by atoms with E-state index in [1.54, 1.807) is 0 Å². The summed E-state index contributed by atoms with van der Waals surface area (Å²) >= 11 is 6.19. The molecule has 1 saturated carbocycles. The number of aromatic nitrogens is 2. The van der Waals surface area contributed by atoms with E-state index in [2.05, 4.69) is 29.1 Å². The molecule has 1 N–H and O–H groups in total. The maximum absolute atomic E-state index is 6.19. The molecule has 0 saturated heterocycles. The van der Waals surface area contributed by atoms with Crippen molar-refractivity contribution in [2.45, 2.75) is 65.3 Å². The Balaban J connectivity index is 2.19. The van der Waals surface area contributed by atoms with Crippen LogP contribution in [0.25, 0.3) is 0 Å². The van der Waals surface area contributed by atoms with Gasteiger partial charge in [-0.15, -0.1) is 0 Å². The van der Waals surface area contributed by atoms with Crippen molar-refractivity contribution >= 4 is 17.4 Å². The average molecular weight is 282 g/mol. The van der Waals surface area contributed by atoms with E-state index in [0.717, 1.165) is 23.6 Å². The number of hydrogen-bond donors (Lipinski definition) is 1. The zero-order valence-electron chi connectivity index (χ0n) is 12.2. The van der Waals surface area contributed by atoms with Crippen molar-refractivity contribution in [2.75, 3.05) is 5.32 Å². The van der Waals surface area contributed by atoms with Gasteiger partial charge < -0.3 is 5.32 Å². The van der Waals surface area contributed by atoms with Crippen LogP contribution in [0.5, 0.6) is 0 Å². The zero-order chi connectivity index (χ0) is 13.8. The number of aryl methyl sites for hydroxylation is 1.